The van der Waals surface area contributed by atoms with Gasteiger partial charge in [-0.3, -0.25) is 9.79 Å². The number of nitrogens with zero attached hydrogens (tertiary/aromatic N) is 1. The maximum atomic E-state index is 12.4. The van der Waals surface area contributed by atoms with Crippen LogP contribution in [0.2, 0.25) is 0 Å². The number of carbonyl (C=O) groups excluding carboxylic acids is 1. The molecule has 0 bridgehead atoms. The maximum absolute atomic E-state index is 12.4. The van der Waals surface area contributed by atoms with Gasteiger partial charge >= 0.3 is 0 Å². The Balaban J connectivity index is 1.52. The molecule has 29 heavy (non-hydrogen) atoms. The van der Waals surface area contributed by atoms with Crippen molar-refractivity contribution >= 4 is 38.4 Å². The molecule has 2 heterocycles. The van der Waals surface area contributed by atoms with Crippen LogP contribution < -0.4 is 10.6 Å². The SMILES string of the molecule is CCOC(CCNC(=O)c1cccc(NC2=NC3CS(=O)(=O)CC3S2)c1)OCC. The van der Waals surface area contributed by atoms with E-state index in [1.54, 1.807) is 18.2 Å². The van der Waals surface area contributed by atoms with Crippen LogP contribution in [0, 0.1) is 0 Å². The van der Waals surface area contributed by atoms with E-state index in [9.17, 15) is 13.2 Å². The highest BCUT2D eigenvalue weighted by Crippen LogP contribution is 2.34. The Kier molecular flexibility index (Phi) is 7.55. The maximum Gasteiger partial charge on any atom is 0.251 e. The Morgan fingerprint density at radius 1 is 1.28 bits per heavy atom. The summed E-state index contributed by atoms with van der Waals surface area (Å²) in [5.41, 5.74) is 1.28. The number of nitrogens with one attached hydrogen (secondary N) is 2. The Hall–Kier alpha value is -1.62. The molecule has 0 aromatic heterocycles. The lowest BCUT2D eigenvalue weighted by atomic mass is 10.2. The van der Waals surface area contributed by atoms with E-state index in [1.165, 1.54) is 11.8 Å². The minimum Gasteiger partial charge on any atom is -0.353 e. The van der Waals surface area contributed by atoms with Crippen molar-refractivity contribution in [1.29, 1.82) is 0 Å². The highest BCUT2D eigenvalue weighted by molar-refractivity contribution is 8.15. The molecule has 10 heteroatoms. The van der Waals surface area contributed by atoms with Crippen LogP contribution in [-0.2, 0) is 19.3 Å². The average molecular weight is 442 g/mol. The number of thioether (sulfide) groups is 1. The third kappa shape index (κ3) is 6.18. The lowest BCUT2D eigenvalue weighted by molar-refractivity contribution is -0.138. The molecular formula is C19H27N3O5S2. The molecule has 0 saturated carbocycles. The fraction of sp³-hybridized carbons (Fsp3) is 0.579. The van der Waals surface area contributed by atoms with Crippen LogP contribution in [-0.4, -0.2) is 68.3 Å². The first kappa shape index (κ1) is 22.1. The van der Waals surface area contributed by atoms with E-state index in [2.05, 4.69) is 15.6 Å². The van der Waals surface area contributed by atoms with Crippen molar-refractivity contribution in [2.45, 2.75) is 37.9 Å². The summed E-state index contributed by atoms with van der Waals surface area (Å²) in [6.07, 6.45) is 0.254. The van der Waals surface area contributed by atoms with Gasteiger partial charge in [-0.05, 0) is 32.0 Å². The molecule has 2 N–H and O–H groups in total. The van der Waals surface area contributed by atoms with Crippen LogP contribution in [0.4, 0.5) is 5.69 Å². The summed E-state index contributed by atoms with van der Waals surface area (Å²) in [6.45, 7) is 5.37. The summed E-state index contributed by atoms with van der Waals surface area (Å²) >= 11 is 1.45. The molecule has 1 amide bonds. The standard InChI is InChI=1S/C19H27N3O5S2/c1-3-26-17(27-4-2)8-9-20-18(23)13-6-5-7-14(10-13)21-19-22-15-11-29(24,25)12-16(15)28-19/h5-7,10,15-17H,3-4,8-9,11-12H2,1-2H3,(H,20,23)(H,21,22). The van der Waals surface area contributed by atoms with E-state index in [0.29, 0.717) is 36.9 Å². The second kappa shape index (κ2) is 9.92. The molecule has 2 atom stereocenters. The third-order valence-corrected chi connectivity index (χ3v) is 7.71. The summed E-state index contributed by atoms with van der Waals surface area (Å²) in [7, 11) is -2.97. The van der Waals surface area contributed by atoms with Crippen LogP contribution >= 0.6 is 11.8 Å². The zero-order chi connectivity index (χ0) is 20.9. The van der Waals surface area contributed by atoms with Gasteiger partial charge in [0.1, 0.15) is 0 Å². The quantitative estimate of drug-likeness (QED) is 0.564. The smallest absolute Gasteiger partial charge is 0.251 e. The van der Waals surface area contributed by atoms with Crippen molar-refractivity contribution in [2.24, 2.45) is 4.99 Å². The summed E-state index contributed by atoms with van der Waals surface area (Å²) in [5, 5.41) is 6.76. The number of hydrogen-bond donors (Lipinski definition) is 2. The number of anilines is 1. The molecule has 3 rings (SSSR count). The summed E-state index contributed by atoms with van der Waals surface area (Å²) < 4.78 is 34.3. The van der Waals surface area contributed by atoms with Crippen molar-refractivity contribution in [3.8, 4) is 0 Å². The lowest BCUT2D eigenvalue weighted by Gasteiger charge is -2.17. The fourth-order valence-corrected chi connectivity index (χ4v) is 6.95. The molecule has 0 radical (unpaired) electrons. The fourth-order valence-electron chi connectivity index (χ4n) is 3.27. The zero-order valence-electron chi connectivity index (χ0n) is 16.6. The van der Waals surface area contributed by atoms with E-state index in [-0.39, 0.29) is 35.0 Å². The molecule has 1 saturated heterocycles. The second-order valence-corrected chi connectivity index (χ2v) is 10.2. The van der Waals surface area contributed by atoms with Crippen molar-refractivity contribution in [3.63, 3.8) is 0 Å². The molecule has 8 nitrogen and oxygen atoms in total. The number of amidine groups is 1. The number of aliphatic imine (C=N–C) groups is 1. The predicted molar refractivity (Wildman–Crippen MR) is 115 cm³/mol. The number of ether oxygens (including phenoxy) is 2. The number of amides is 1. The van der Waals surface area contributed by atoms with E-state index >= 15 is 0 Å². The summed E-state index contributed by atoms with van der Waals surface area (Å²) in [5.74, 6) is 0.108. The first-order valence-corrected chi connectivity index (χ1v) is 12.4. The Morgan fingerprint density at radius 3 is 2.72 bits per heavy atom. The van der Waals surface area contributed by atoms with Gasteiger partial charge in [0.25, 0.3) is 5.91 Å². The number of sulfone groups is 1. The van der Waals surface area contributed by atoms with Crippen LogP contribution in [0.25, 0.3) is 0 Å². The second-order valence-electron chi connectivity index (χ2n) is 6.83. The molecule has 2 aliphatic heterocycles. The van der Waals surface area contributed by atoms with Crippen molar-refractivity contribution in [2.75, 3.05) is 36.6 Å². The van der Waals surface area contributed by atoms with E-state index in [0.717, 1.165) is 5.69 Å². The molecule has 0 spiro atoms. The molecular weight excluding hydrogens is 414 g/mol. The molecule has 1 aromatic rings. The zero-order valence-corrected chi connectivity index (χ0v) is 18.2. The first-order chi connectivity index (χ1) is 13.9. The van der Waals surface area contributed by atoms with Gasteiger partial charge in [0, 0.05) is 42.7 Å². The lowest BCUT2D eigenvalue weighted by Crippen LogP contribution is -2.29. The number of benzene rings is 1. The van der Waals surface area contributed by atoms with E-state index < -0.39 is 9.84 Å². The van der Waals surface area contributed by atoms with Gasteiger partial charge in [-0.15, -0.1) is 0 Å². The highest BCUT2D eigenvalue weighted by atomic mass is 32.2. The van der Waals surface area contributed by atoms with Crippen molar-refractivity contribution in [1.82, 2.24) is 5.32 Å². The van der Waals surface area contributed by atoms with Gasteiger partial charge in [0.15, 0.2) is 21.3 Å². The highest BCUT2D eigenvalue weighted by Gasteiger charge is 2.42. The van der Waals surface area contributed by atoms with Gasteiger partial charge in [-0.2, -0.15) is 0 Å². The molecule has 1 aromatic carbocycles. The third-order valence-electron chi connectivity index (χ3n) is 4.56. The van der Waals surface area contributed by atoms with E-state index in [1.807, 2.05) is 19.9 Å². The first-order valence-electron chi connectivity index (χ1n) is 9.73. The number of fused-ring (bicyclic) bond motifs is 1. The Bertz CT molecular complexity index is 853. The van der Waals surface area contributed by atoms with Gasteiger partial charge < -0.3 is 20.1 Å². The monoisotopic (exact) mass is 441 g/mol. The van der Waals surface area contributed by atoms with E-state index in [4.69, 9.17) is 9.47 Å². The molecule has 160 valence electrons. The van der Waals surface area contributed by atoms with Crippen molar-refractivity contribution < 1.29 is 22.7 Å². The predicted octanol–water partition coefficient (Wildman–Crippen LogP) is 1.89. The van der Waals surface area contributed by atoms with Gasteiger partial charge in [-0.25, -0.2) is 8.42 Å². The summed E-state index contributed by atoms with van der Waals surface area (Å²) in [6, 6.07) is 6.97. The van der Waals surface area contributed by atoms with Crippen LogP contribution in [0.1, 0.15) is 30.6 Å². The van der Waals surface area contributed by atoms with Gasteiger partial charge in [0.2, 0.25) is 0 Å². The number of hydrogen-bond acceptors (Lipinski definition) is 8. The van der Waals surface area contributed by atoms with Crippen LogP contribution in [0.3, 0.4) is 0 Å². The van der Waals surface area contributed by atoms with Crippen LogP contribution in [0.15, 0.2) is 29.3 Å². The Morgan fingerprint density at radius 2 is 2.03 bits per heavy atom. The summed E-state index contributed by atoms with van der Waals surface area (Å²) in [4.78, 5) is 16.9. The van der Waals surface area contributed by atoms with Gasteiger partial charge in [-0.1, -0.05) is 17.8 Å². The topological polar surface area (TPSA) is 106 Å². The largest absolute Gasteiger partial charge is 0.353 e. The number of rotatable bonds is 9. The number of carbonyl (C=O) groups is 1. The minimum absolute atomic E-state index is 0.0161. The molecule has 2 aliphatic rings. The van der Waals surface area contributed by atoms with Crippen molar-refractivity contribution in [3.05, 3.63) is 29.8 Å². The normalized spacial score (nSPS) is 22.4. The minimum atomic E-state index is -2.97. The van der Waals surface area contributed by atoms with Gasteiger partial charge in [0.05, 0.1) is 17.5 Å². The molecule has 2 unspecified atom stereocenters. The molecule has 0 aliphatic carbocycles. The average Bonchev–Trinajstić information content (AvgIpc) is 3.14. The molecule has 1 fully saturated rings. The Labute approximate surface area is 175 Å². The van der Waals surface area contributed by atoms with Crippen LogP contribution in [0.5, 0.6) is 0 Å².